The van der Waals surface area contributed by atoms with E-state index in [9.17, 15) is 14.4 Å². The molecule has 1 saturated carbocycles. The predicted molar refractivity (Wildman–Crippen MR) is 102 cm³/mol. The number of carbonyl (C=O) groups excluding carboxylic acids is 3. The average Bonchev–Trinajstić information content (AvgIpc) is 2.62. The minimum atomic E-state index is -0.469. The molecule has 0 bridgehead atoms. The zero-order valence-electron chi connectivity index (χ0n) is 16.0. The molecule has 1 aliphatic carbocycles. The highest BCUT2D eigenvalue weighted by molar-refractivity contribution is 5.94. The number of nitrogens with one attached hydrogen (secondary N) is 1. The van der Waals surface area contributed by atoms with E-state index in [4.69, 9.17) is 9.47 Å². The van der Waals surface area contributed by atoms with Crippen molar-refractivity contribution in [2.45, 2.75) is 64.3 Å². The minimum Gasteiger partial charge on any atom is -0.493 e. The lowest BCUT2D eigenvalue weighted by Crippen LogP contribution is -2.38. The van der Waals surface area contributed by atoms with Crippen molar-refractivity contribution in [1.82, 2.24) is 5.32 Å². The maximum Gasteiger partial charge on any atom is 0.309 e. The highest BCUT2D eigenvalue weighted by Crippen LogP contribution is 2.17. The highest BCUT2D eigenvalue weighted by Gasteiger charge is 2.15. The molecule has 1 aliphatic rings. The highest BCUT2D eigenvalue weighted by atomic mass is 16.5. The van der Waals surface area contributed by atoms with E-state index in [2.05, 4.69) is 5.32 Å². The normalized spacial score (nSPS) is 15.3. The summed E-state index contributed by atoms with van der Waals surface area (Å²) in [6.45, 7) is 1.41. The Kier molecular flexibility index (Phi) is 8.81. The number of esters is 1. The van der Waals surface area contributed by atoms with Gasteiger partial charge in [0.15, 0.2) is 12.4 Å². The van der Waals surface area contributed by atoms with Crippen molar-refractivity contribution in [3.63, 3.8) is 0 Å². The Morgan fingerprint density at radius 1 is 1.00 bits per heavy atom. The van der Waals surface area contributed by atoms with Crippen LogP contribution in [0.5, 0.6) is 5.75 Å². The van der Waals surface area contributed by atoms with E-state index in [0.29, 0.717) is 11.3 Å². The fraction of sp³-hybridized carbons (Fsp3) is 0.571. The van der Waals surface area contributed by atoms with Crippen LogP contribution in [0.15, 0.2) is 24.3 Å². The van der Waals surface area contributed by atoms with Crippen LogP contribution in [0.3, 0.4) is 0 Å². The Morgan fingerprint density at radius 3 is 2.26 bits per heavy atom. The molecule has 0 atom stereocenters. The molecule has 0 heterocycles. The monoisotopic (exact) mass is 375 g/mol. The zero-order chi connectivity index (χ0) is 19.5. The first-order chi connectivity index (χ1) is 13.0. The Labute approximate surface area is 160 Å². The lowest BCUT2D eigenvalue weighted by Gasteiger charge is -2.20. The fourth-order valence-electron chi connectivity index (χ4n) is 3.13. The van der Waals surface area contributed by atoms with Crippen molar-refractivity contribution in [3.05, 3.63) is 29.8 Å². The van der Waals surface area contributed by atoms with Gasteiger partial charge in [0.25, 0.3) is 5.91 Å². The molecular formula is C21H29NO5. The summed E-state index contributed by atoms with van der Waals surface area (Å²) in [5.74, 6) is -0.143. The summed E-state index contributed by atoms with van der Waals surface area (Å²) in [7, 11) is 0. The van der Waals surface area contributed by atoms with Crippen molar-refractivity contribution in [1.29, 1.82) is 0 Å². The zero-order valence-corrected chi connectivity index (χ0v) is 16.0. The largest absolute Gasteiger partial charge is 0.493 e. The molecule has 1 aromatic carbocycles. The summed E-state index contributed by atoms with van der Waals surface area (Å²) in [4.78, 5) is 34.9. The van der Waals surface area contributed by atoms with Crippen molar-refractivity contribution in [2.24, 2.45) is 0 Å². The molecule has 0 aliphatic heterocycles. The third-order valence-electron chi connectivity index (χ3n) is 4.67. The second-order valence-electron chi connectivity index (χ2n) is 6.95. The van der Waals surface area contributed by atoms with E-state index in [1.54, 1.807) is 24.3 Å². The van der Waals surface area contributed by atoms with Gasteiger partial charge in [0.1, 0.15) is 5.75 Å². The smallest absolute Gasteiger partial charge is 0.309 e. The van der Waals surface area contributed by atoms with Crippen LogP contribution < -0.4 is 10.1 Å². The molecular weight excluding hydrogens is 346 g/mol. The quantitative estimate of drug-likeness (QED) is 0.556. The number of ether oxygens (including phenoxy) is 2. The molecule has 2 rings (SSSR count). The van der Waals surface area contributed by atoms with Gasteiger partial charge in [0.05, 0.1) is 13.0 Å². The summed E-state index contributed by atoms with van der Waals surface area (Å²) >= 11 is 0. The number of ketones is 1. The fourth-order valence-corrected chi connectivity index (χ4v) is 3.13. The number of benzene rings is 1. The number of hydrogen-bond donors (Lipinski definition) is 1. The summed E-state index contributed by atoms with van der Waals surface area (Å²) < 4.78 is 10.5. The Bertz CT molecular complexity index is 618. The molecule has 0 spiro atoms. The van der Waals surface area contributed by atoms with Crippen molar-refractivity contribution in [2.75, 3.05) is 13.2 Å². The van der Waals surface area contributed by atoms with Gasteiger partial charge in [-0.1, -0.05) is 32.1 Å². The maximum atomic E-state index is 11.9. The molecule has 0 saturated heterocycles. The van der Waals surface area contributed by atoms with Gasteiger partial charge in [-0.05, 0) is 44.0 Å². The van der Waals surface area contributed by atoms with Gasteiger partial charge in [0, 0.05) is 11.6 Å². The molecule has 6 heteroatoms. The van der Waals surface area contributed by atoms with Gasteiger partial charge in [-0.25, -0.2) is 0 Å². The molecule has 1 fully saturated rings. The van der Waals surface area contributed by atoms with Crippen LogP contribution in [0.4, 0.5) is 0 Å². The van der Waals surface area contributed by atoms with E-state index in [-0.39, 0.29) is 37.4 Å². The summed E-state index contributed by atoms with van der Waals surface area (Å²) in [5.41, 5.74) is 0.608. The van der Waals surface area contributed by atoms with Gasteiger partial charge < -0.3 is 14.8 Å². The van der Waals surface area contributed by atoms with E-state index in [1.807, 2.05) is 0 Å². The van der Waals surface area contributed by atoms with Crippen LogP contribution in [0.2, 0.25) is 0 Å². The molecule has 27 heavy (non-hydrogen) atoms. The number of carbonyl (C=O) groups is 3. The van der Waals surface area contributed by atoms with Gasteiger partial charge in [-0.15, -0.1) is 0 Å². The molecule has 1 aromatic rings. The number of amides is 1. The van der Waals surface area contributed by atoms with Crippen molar-refractivity contribution < 1.29 is 23.9 Å². The van der Waals surface area contributed by atoms with E-state index in [0.717, 1.165) is 25.7 Å². The maximum absolute atomic E-state index is 11.9. The molecule has 0 radical (unpaired) electrons. The average molecular weight is 375 g/mol. The van der Waals surface area contributed by atoms with Crippen LogP contribution in [0.1, 0.15) is 68.6 Å². The van der Waals surface area contributed by atoms with E-state index < -0.39 is 5.97 Å². The molecule has 6 nitrogen and oxygen atoms in total. The molecule has 0 unspecified atom stereocenters. The Hall–Kier alpha value is -2.37. The molecule has 1 N–H and O–H groups in total. The lowest BCUT2D eigenvalue weighted by atomic mass is 9.97. The Balaban J connectivity index is 1.60. The van der Waals surface area contributed by atoms with Crippen LogP contribution in [0.25, 0.3) is 0 Å². The first-order valence-electron chi connectivity index (χ1n) is 9.73. The minimum absolute atomic E-state index is 0.0113. The summed E-state index contributed by atoms with van der Waals surface area (Å²) in [5, 5.41) is 2.96. The first-order valence-corrected chi connectivity index (χ1v) is 9.73. The second kappa shape index (κ2) is 11.4. The summed E-state index contributed by atoms with van der Waals surface area (Å²) in [6, 6.07) is 6.92. The standard InChI is InChI=1S/C21H29NO5/c1-16(23)17-9-11-19(12-10-17)26-14-13-21(25)27-15-20(24)22-18-7-5-3-2-4-6-8-18/h9-12,18H,2-8,13-15H2,1H3,(H,22,24). The SMILES string of the molecule is CC(=O)c1ccc(OCCC(=O)OCC(=O)NC2CCCCCCC2)cc1. The summed E-state index contributed by atoms with van der Waals surface area (Å²) in [6.07, 6.45) is 8.04. The Morgan fingerprint density at radius 2 is 1.63 bits per heavy atom. The van der Waals surface area contributed by atoms with E-state index in [1.165, 1.54) is 26.2 Å². The lowest BCUT2D eigenvalue weighted by molar-refractivity contribution is -0.149. The van der Waals surface area contributed by atoms with Crippen LogP contribution in [-0.2, 0) is 14.3 Å². The third-order valence-corrected chi connectivity index (χ3v) is 4.67. The van der Waals surface area contributed by atoms with Gasteiger partial charge in [0.2, 0.25) is 0 Å². The van der Waals surface area contributed by atoms with Gasteiger partial charge in [-0.3, -0.25) is 14.4 Å². The van der Waals surface area contributed by atoms with Crippen LogP contribution >= 0.6 is 0 Å². The number of rotatable bonds is 8. The predicted octanol–water partition coefficient (Wildman–Crippen LogP) is 3.43. The van der Waals surface area contributed by atoms with Gasteiger partial charge >= 0.3 is 5.97 Å². The molecule has 0 aromatic heterocycles. The number of hydrogen-bond acceptors (Lipinski definition) is 5. The van der Waals surface area contributed by atoms with Crippen molar-refractivity contribution >= 4 is 17.7 Å². The first kappa shape index (κ1) is 20.9. The van der Waals surface area contributed by atoms with E-state index >= 15 is 0 Å². The van der Waals surface area contributed by atoms with Crippen LogP contribution in [-0.4, -0.2) is 36.9 Å². The molecule has 148 valence electrons. The third kappa shape index (κ3) is 8.24. The molecule has 1 amide bonds. The second-order valence-corrected chi connectivity index (χ2v) is 6.95. The van der Waals surface area contributed by atoms with Crippen molar-refractivity contribution in [3.8, 4) is 5.75 Å². The topological polar surface area (TPSA) is 81.7 Å². The van der Waals surface area contributed by atoms with Gasteiger partial charge in [-0.2, -0.15) is 0 Å². The number of Topliss-reactive ketones (excluding diaryl/α,β-unsaturated/α-hetero) is 1. The van der Waals surface area contributed by atoms with Crippen LogP contribution in [0, 0.1) is 0 Å².